The summed E-state index contributed by atoms with van der Waals surface area (Å²) in [5, 5.41) is 5.41. The normalized spacial score (nSPS) is 14.6. The van der Waals surface area contributed by atoms with Crippen LogP contribution in [0.1, 0.15) is 97.3 Å². The number of fused-ring (bicyclic) bond motifs is 2. The number of rotatable bonds is 10. The highest BCUT2D eigenvalue weighted by Crippen LogP contribution is 2.49. The molecule has 10 nitrogen and oxygen atoms in total. The first-order valence-corrected chi connectivity index (χ1v) is 21.9. The Labute approximate surface area is 364 Å². The van der Waals surface area contributed by atoms with E-state index in [2.05, 4.69) is 0 Å². The quantitative estimate of drug-likeness (QED) is 0.103. The second-order valence-corrected chi connectivity index (χ2v) is 18.1. The molecule has 0 spiro atoms. The Balaban J connectivity index is 1.38. The van der Waals surface area contributed by atoms with E-state index in [0.717, 1.165) is 27.4 Å². The zero-order valence-corrected chi connectivity index (χ0v) is 37.1. The summed E-state index contributed by atoms with van der Waals surface area (Å²) in [6.45, 7) is 13.4. The third kappa shape index (κ3) is 8.46. The predicted octanol–water partition coefficient (Wildman–Crippen LogP) is 12.1. The average Bonchev–Trinajstić information content (AvgIpc) is 3.85. The molecule has 6 aromatic rings. The molecule has 0 bridgehead atoms. The lowest BCUT2D eigenvalue weighted by Crippen LogP contribution is -2.36. The van der Waals surface area contributed by atoms with E-state index in [1.54, 1.807) is 43.3 Å². The molecule has 0 aliphatic carbocycles. The molecule has 2 aromatic heterocycles. The number of alkyl halides is 6. The predicted molar refractivity (Wildman–Crippen MR) is 225 cm³/mol. The summed E-state index contributed by atoms with van der Waals surface area (Å²) < 4.78 is 126. The first-order valence-electron chi connectivity index (χ1n) is 20.3. The maximum absolute atomic E-state index is 16.2. The lowest BCUT2D eigenvalue weighted by molar-refractivity contribution is -0.143. The summed E-state index contributed by atoms with van der Waals surface area (Å²) in [5.41, 5.74) is -0.205. The van der Waals surface area contributed by atoms with Crippen molar-refractivity contribution in [1.82, 2.24) is 19.2 Å². The Hall–Kier alpha value is -5.48. The number of hydrogen-bond donors (Lipinski definition) is 2. The van der Waals surface area contributed by atoms with Gasteiger partial charge >= 0.3 is 26.3 Å². The van der Waals surface area contributed by atoms with Crippen LogP contribution in [-0.2, 0) is 58.7 Å². The SMILES string of the molecule is CCc1cccc(CC)c1-n1nc2c(c1-c1ccc(F)c3c1ccn3C(=O)OC(C)(C)c1c(C)cc(C)cc1OP(=O)(O)O)CN(Cc1ccc(C(F)(F)F)cc1C(F)(F)F)C2(C)C. The summed E-state index contributed by atoms with van der Waals surface area (Å²) >= 11 is 0. The van der Waals surface area contributed by atoms with Gasteiger partial charge in [-0.2, -0.15) is 31.4 Å². The van der Waals surface area contributed by atoms with Crippen molar-refractivity contribution >= 4 is 24.8 Å². The van der Waals surface area contributed by atoms with Crippen LogP contribution in [0, 0.1) is 19.7 Å². The molecule has 0 amide bonds. The van der Waals surface area contributed by atoms with Crippen molar-refractivity contribution in [3.05, 3.63) is 135 Å². The smallest absolute Gasteiger partial charge is 0.438 e. The molecule has 18 heteroatoms. The molecule has 64 heavy (non-hydrogen) atoms. The molecule has 3 heterocycles. The van der Waals surface area contributed by atoms with Crippen LogP contribution in [0.15, 0.2) is 72.9 Å². The molecular weight excluding hydrogens is 868 g/mol. The molecule has 0 radical (unpaired) electrons. The number of para-hydroxylation sites is 1. The van der Waals surface area contributed by atoms with Gasteiger partial charge < -0.3 is 9.26 Å². The summed E-state index contributed by atoms with van der Waals surface area (Å²) in [5.74, 6) is -1.01. The minimum Gasteiger partial charge on any atom is -0.438 e. The average molecular weight is 915 g/mol. The number of halogens is 7. The van der Waals surface area contributed by atoms with Gasteiger partial charge in [0.05, 0.1) is 39.3 Å². The Bertz CT molecular complexity index is 2850. The van der Waals surface area contributed by atoms with Gasteiger partial charge in [-0.25, -0.2) is 23.0 Å². The van der Waals surface area contributed by atoms with Crippen molar-refractivity contribution < 1.29 is 59.1 Å². The van der Waals surface area contributed by atoms with Crippen LogP contribution in [0.5, 0.6) is 5.75 Å². The molecule has 0 saturated carbocycles. The summed E-state index contributed by atoms with van der Waals surface area (Å²) in [4.78, 5) is 35.2. The number of aryl methyl sites for hydroxylation is 4. The third-order valence-electron chi connectivity index (χ3n) is 11.8. The minimum absolute atomic E-state index is 0.00351. The number of hydrogen-bond acceptors (Lipinski definition) is 6. The minimum atomic E-state index is -5.09. The van der Waals surface area contributed by atoms with E-state index in [1.165, 1.54) is 44.3 Å². The number of carbonyl (C=O) groups excluding carboxylic acids is 1. The van der Waals surface area contributed by atoms with Crippen molar-refractivity contribution in [3.8, 4) is 22.7 Å². The topological polar surface area (TPSA) is 119 Å². The Morgan fingerprint density at radius 1 is 0.891 bits per heavy atom. The maximum Gasteiger partial charge on any atom is 0.524 e. The highest BCUT2D eigenvalue weighted by Gasteiger charge is 2.45. The van der Waals surface area contributed by atoms with Crippen molar-refractivity contribution in [1.29, 1.82) is 0 Å². The van der Waals surface area contributed by atoms with Gasteiger partial charge in [-0.15, -0.1) is 0 Å². The van der Waals surface area contributed by atoms with E-state index in [9.17, 15) is 45.5 Å². The molecule has 1 aliphatic heterocycles. The molecular formula is C46H46F7N4O6P. The van der Waals surface area contributed by atoms with E-state index in [4.69, 9.17) is 14.4 Å². The molecule has 0 fully saturated rings. The van der Waals surface area contributed by atoms with Gasteiger partial charge in [0.2, 0.25) is 0 Å². The number of aromatic nitrogens is 3. The fourth-order valence-corrected chi connectivity index (χ4v) is 9.37. The molecule has 0 unspecified atom stereocenters. The van der Waals surface area contributed by atoms with E-state index < -0.39 is 54.4 Å². The van der Waals surface area contributed by atoms with Crippen molar-refractivity contribution in [3.63, 3.8) is 0 Å². The molecule has 7 rings (SSSR count). The first-order chi connectivity index (χ1) is 29.7. The summed E-state index contributed by atoms with van der Waals surface area (Å²) in [7, 11) is -5.05. The summed E-state index contributed by atoms with van der Waals surface area (Å²) in [6, 6.07) is 14.8. The van der Waals surface area contributed by atoms with Crippen LogP contribution in [0.3, 0.4) is 0 Å². The number of phosphoric ester groups is 1. The highest BCUT2D eigenvalue weighted by atomic mass is 31.2. The molecule has 0 saturated heterocycles. The largest absolute Gasteiger partial charge is 0.524 e. The van der Waals surface area contributed by atoms with Gasteiger partial charge in [-0.1, -0.05) is 44.2 Å². The standard InChI is InChI=1S/C46H46F7N4O6P/c1-9-27-12-11-13-28(10-2)38(27)57-39(33-24-55(43(5,6)41(33)54-57)23-29-14-15-30(45(48,49)50)22-34(29)46(51,52)53)31-16-17-35(47)40-32(31)18-19-56(40)42(58)62-44(7,8)37-26(4)20-25(3)21-36(37)63-64(59,60)61/h11-22H,9-10,23-24H2,1-8H3,(H2,59,60,61). The van der Waals surface area contributed by atoms with Crippen LogP contribution >= 0.6 is 7.82 Å². The number of carbonyl (C=O) groups is 1. The fourth-order valence-electron chi connectivity index (χ4n) is 8.97. The third-order valence-corrected chi connectivity index (χ3v) is 12.3. The van der Waals surface area contributed by atoms with Gasteiger partial charge in [0, 0.05) is 41.4 Å². The molecule has 4 aromatic carbocycles. The molecule has 340 valence electrons. The summed E-state index contributed by atoms with van der Waals surface area (Å²) in [6.07, 6.45) is -8.61. The maximum atomic E-state index is 16.2. The second kappa shape index (κ2) is 16.2. The zero-order chi connectivity index (χ0) is 47.1. The van der Waals surface area contributed by atoms with Crippen molar-refractivity contribution in [2.24, 2.45) is 0 Å². The Kier molecular flexibility index (Phi) is 11.8. The number of ether oxygens (including phenoxy) is 1. The Morgan fingerprint density at radius 3 is 2.14 bits per heavy atom. The molecule has 2 N–H and O–H groups in total. The van der Waals surface area contributed by atoms with Crippen LogP contribution in [0.25, 0.3) is 27.8 Å². The Morgan fingerprint density at radius 2 is 1.55 bits per heavy atom. The van der Waals surface area contributed by atoms with Gasteiger partial charge in [0.1, 0.15) is 17.2 Å². The van der Waals surface area contributed by atoms with Crippen molar-refractivity contribution in [2.75, 3.05) is 0 Å². The van der Waals surface area contributed by atoms with Crippen molar-refractivity contribution in [2.45, 2.75) is 105 Å². The monoisotopic (exact) mass is 914 g/mol. The first kappa shape index (κ1) is 46.5. The van der Waals surface area contributed by atoms with E-state index >= 15 is 4.39 Å². The van der Waals surface area contributed by atoms with Crippen LogP contribution < -0.4 is 4.52 Å². The van der Waals surface area contributed by atoms with Gasteiger partial charge in [-0.05, 0) is 119 Å². The van der Waals surface area contributed by atoms with Crippen LogP contribution in [0.4, 0.5) is 35.5 Å². The number of phosphoric acid groups is 1. The van der Waals surface area contributed by atoms with Crippen LogP contribution in [-0.4, -0.2) is 35.1 Å². The van der Waals surface area contributed by atoms with E-state index in [0.29, 0.717) is 52.5 Å². The highest BCUT2D eigenvalue weighted by molar-refractivity contribution is 7.46. The van der Waals surface area contributed by atoms with Gasteiger partial charge in [0.25, 0.3) is 0 Å². The lowest BCUT2D eigenvalue weighted by Gasteiger charge is -2.33. The van der Waals surface area contributed by atoms with Gasteiger partial charge in [-0.3, -0.25) is 14.7 Å². The molecule has 0 atom stereocenters. The van der Waals surface area contributed by atoms with Gasteiger partial charge in [0.15, 0.2) is 0 Å². The number of nitrogens with zero attached hydrogens (tertiary/aromatic N) is 4. The lowest BCUT2D eigenvalue weighted by atomic mass is 9.91. The fraction of sp³-hybridized carbons (Fsp3) is 0.348. The zero-order valence-electron chi connectivity index (χ0n) is 36.2. The molecule has 1 aliphatic rings. The van der Waals surface area contributed by atoms with E-state index in [1.807, 2.05) is 32.0 Å². The second-order valence-electron chi connectivity index (χ2n) is 17.0. The van der Waals surface area contributed by atoms with E-state index in [-0.39, 0.29) is 46.9 Å². The number of benzene rings is 4. The van der Waals surface area contributed by atoms with Crippen LogP contribution in [0.2, 0.25) is 0 Å².